The lowest BCUT2D eigenvalue weighted by atomic mass is 10.3. The molecule has 1 heterocycles. The summed E-state index contributed by atoms with van der Waals surface area (Å²) in [6, 6.07) is 3.32. The highest BCUT2D eigenvalue weighted by atomic mass is 32.2. The van der Waals surface area contributed by atoms with Crippen molar-refractivity contribution in [2.75, 3.05) is 0 Å². The molecule has 0 aliphatic rings. The van der Waals surface area contributed by atoms with Gasteiger partial charge >= 0.3 is 5.97 Å². The molecular formula is C9H9N3O4S2. The third-order valence-electron chi connectivity index (χ3n) is 2.24. The highest BCUT2D eigenvalue weighted by Crippen LogP contribution is 2.20. The number of aromatic nitrogens is 2. The monoisotopic (exact) mass is 287 g/mol. The van der Waals surface area contributed by atoms with E-state index < -0.39 is 22.0 Å². The fraction of sp³-hybridized carbons (Fsp3) is 0.222. The minimum atomic E-state index is -3.93. The van der Waals surface area contributed by atoms with Gasteiger partial charge in [0.2, 0.25) is 10.0 Å². The summed E-state index contributed by atoms with van der Waals surface area (Å²) in [5.74, 6) is -1.25. The molecule has 0 aliphatic carbocycles. The van der Waals surface area contributed by atoms with E-state index in [2.05, 4.69) is 13.5 Å². The number of nitrogens with zero attached hydrogens (tertiary/aromatic N) is 2. The van der Waals surface area contributed by atoms with Crippen molar-refractivity contribution in [3.8, 4) is 0 Å². The highest BCUT2D eigenvalue weighted by Gasteiger charge is 2.24. The van der Waals surface area contributed by atoms with E-state index in [1.54, 1.807) is 6.07 Å². The molecule has 1 aromatic heterocycles. The zero-order valence-electron chi connectivity index (χ0n) is 9.19. The van der Waals surface area contributed by atoms with Gasteiger partial charge in [0.25, 0.3) is 0 Å². The molecule has 0 unspecified atom stereocenters. The summed E-state index contributed by atoms with van der Waals surface area (Å²) in [4.78, 5) is 10.6. The van der Waals surface area contributed by atoms with Gasteiger partial charge in [-0.1, -0.05) is 6.07 Å². The molecule has 18 heavy (non-hydrogen) atoms. The second-order valence-corrected chi connectivity index (χ2v) is 5.78. The van der Waals surface area contributed by atoms with E-state index in [0.29, 0.717) is 5.52 Å². The van der Waals surface area contributed by atoms with Crippen LogP contribution in [0.25, 0.3) is 11.0 Å². The Morgan fingerprint density at radius 2 is 2.17 bits per heavy atom. The Morgan fingerprint density at radius 1 is 1.44 bits per heavy atom. The van der Waals surface area contributed by atoms with Crippen molar-refractivity contribution < 1.29 is 18.3 Å². The largest absolute Gasteiger partial charge is 0.480 e. The second-order valence-electron chi connectivity index (χ2n) is 3.57. The maximum Gasteiger partial charge on any atom is 0.321 e. The van der Waals surface area contributed by atoms with Crippen LogP contribution in [0, 0.1) is 0 Å². The predicted octanol–water partition coefficient (Wildman–Crippen LogP) is 0.443. The number of rotatable bonds is 4. The molecule has 2 aromatic rings. The Labute approximate surface area is 107 Å². The van der Waals surface area contributed by atoms with Crippen molar-refractivity contribution in [1.82, 2.24) is 13.5 Å². The number of hydrogen-bond donors (Lipinski definition) is 2. The number of aliphatic carboxylic acids is 1. The summed E-state index contributed by atoms with van der Waals surface area (Å²) in [6.45, 7) is 1.25. The third-order valence-corrected chi connectivity index (χ3v) is 4.36. The lowest BCUT2D eigenvalue weighted by Gasteiger charge is -2.10. The molecular weight excluding hydrogens is 278 g/mol. The first kappa shape index (κ1) is 12.9. The Bertz CT molecular complexity index is 695. The van der Waals surface area contributed by atoms with Crippen molar-refractivity contribution >= 4 is 38.8 Å². The minimum Gasteiger partial charge on any atom is -0.480 e. The van der Waals surface area contributed by atoms with Crippen molar-refractivity contribution in [3.63, 3.8) is 0 Å². The van der Waals surface area contributed by atoms with Crippen LogP contribution < -0.4 is 4.72 Å². The second kappa shape index (κ2) is 4.59. The van der Waals surface area contributed by atoms with Crippen molar-refractivity contribution in [1.29, 1.82) is 0 Å². The zero-order chi connectivity index (χ0) is 13.3. The Balaban J connectivity index is 2.47. The van der Waals surface area contributed by atoms with E-state index in [9.17, 15) is 13.2 Å². The van der Waals surface area contributed by atoms with Gasteiger partial charge in [0.1, 0.15) is 22.0 Å². The summed E-state index contributed by atoms with van der Waals surface area (Å²) in [5.41, 5.74) is 0.707. The molecule has 0 saturated heterocycles. The number of benzene rings is 1. The molecule has 7 nitrogen and oxygen atoms in total. The van der Waals surface area contributed by atoms with Gasteiger partial charge in [-0.25, -0.2) is 8.42 Å². The van der Waals surface area contributed by atoms with E-state index in [-0.39, 0.29) is 10.4 Å². The summed E-state index contributed by atoms with van der Waals surface area (Å²) in [6.07, 6.45) is 0. The van der Waals surface area contributed by atoms with Gasteiger partial charge in [-0.15, -0.1) is 0 Å². The molecule has 2 rings (SSSR count). The Hall–Kier alpha value is -1.58. The van der Waals surface area contributed by atoms with E-state index in [0.717, 1.165) is 11.7 Å². The van der Waals surface area contributed by atoms with Crippen LogP contribution in [0.15, 0.2) is 23.1 Å². The normalized spacial score (nSPS) is 13.6. The van der Waals surface area contributed by atoms with Crippen molar-refractivity contribution in [2.45, 2.75) is 17.9 Å². The van der Waals surface area contributed by atoms with Crippen LogP contribution in [-0.4, -0.2) is 34.3 Å². The van der Waals surface area contributed by atoms with E-state index in [1.165, 1.54) is 19.1 Å². The molecule has 2 N–H and O–H groups in total. The van der Waals surface area contributed by atoms with Gasteiger partial charge in [-0.05, 0) is 19.1 Å². The molecule has 0 amide bonds. The summed E-state index contributed by atoms with van der Waals surface area (Å²) >= 11 is 0.900. The minimum absolute atomic E-state index is 0.0677. The number of fused-ring (bicyclic) bond motifs is 1. The van der Waals surface area contributed by atoms with Crippen LogP contribution in [0.4, 0.5) is 0 Å². The SMILES string of the molecule is C[C@H](NS(=O)(=O)c1cccc2nsnc12)C(=O)O. The first-order valence-electron chi connectivity index (χ1n) is 4.88. The number of carbonyl (C=O) groups is 1. The number of sulfonamides is 1. The molecule has 1 atom stereocenters. The van der Waals surface area contributed by atoms with Crippen LogP contribution in [0.1, 0.15) is 6.92 Å². The van der Waals surface area contributed by atoms with Crippen LogP contribution >= 0.6 is 11.7 Å². The molecule has 0 spiro atoms. The molecule has 0 radical (unpaired) electrons. The van der Waals surface area contributed by atoms with Gasteiger partial charge in [0.15, 0.2) is 0 Å². The standard InChI is InChI=1S/C9H9N3O4S2/c1-5(9(13)14)12-18(15,16)7-4-2-3-6-8(7)11-17-10-6/h2-5,12H,1H3,(H,13,14)/t5-/m0/s1. The van der Waals surface area contributed by atoms with Crippen molar-refractivity contribution in [2.24, 2.45) is 0 Å². The number of nitrogens with one attached hydrogen (secondary N) is 1. The maximum absolute atomic E-state index is 12.0. The lowest BCUT2D eigenvalue weighted by Crippen LogP contribution is -2.38. The molecule has 96 valence electrons. The maximum atomic E-state index is 12.0. The van der Waals surface area contributed by atoms with Gasteiger partial charge in [0, 0.05) is 0 Å². The van der Waals surface area contributed by atoms with E-state index in [4.69, 9.17) is 5.11 Å². The Kier molecular flexibility index (Phi) is 3.28. The fourth-order valence-electron chi connectivity index (χ4n) is 1.34. The molecule has 0 saturated carbocycles. The van der Waals surface area contributed by atoms with Crippen LogP contribution in [0.5, 0.6) is 0 Å². The average Bonchev–Trinajstić information content (AvgIpc) is 2.75. The smallest absolute Gasteiger partial charge is 0.321 e. The van der Waals surface area contributed by atoms with Gasteiger partial charge in [-0.3, -0.25) is 4.79 Å². The number of hydrogen-bond acceptors (Lipinski definition) is 6. The van der Waals surface area contributed by atoms with Crippen LogP contribution in [0.2, 0.25) is 0 Å². The third kappa shape index (κ3) is 2.33. The predicted molar refractivity (Wildman–Crippen MR) is 64.8 cm³/mol. The van der Waals surface area contributed by atoms with Crippen LogP contribution in [0.3, 0.4) is 0 Å². The molecule has 9 heteroatoms. The molecule has 0 fully saturated rings. The topological polar surface area (TPSA) is 109 Å². The van der Waals surface area contributed by atoms with Gasteiger partial charge in [-0.2, -0.15) is 13.5 Å². The fourth-order valence-corrected chi connectivity index (χ4v) is 3.31. The summed E-state index contributed by atoms with van der Waals surface area (Å²) in [7, 11) is -3.93. The molecule has 0 bridgehead atoms. The summed E-state index contributed by atoms with van der Waals surface area (Å²) < 4.78 is 33.9. The van der Waals surface area contributed by atoms with Gasteiger partial charge < -0.3 is 5.11 Å². The van der Waals surface area contributed by atoms with Gasteiger partial charge in [0.05, 0.1) is 11.7 Å². The van der Waals surface area contributed by atoms with E-state index >= 15 is 0 Å². The Morgan fingerprint density at radius 3 is 2.83 bits per heavy atom. The highest BCUT2D eigenvalue weighted by molar-refractivity contribution is 7.89. The van der Waals surface area contributed by atoms with Crippen LogP contribution in [-0.2, 0) is 14.8 Å². The summed E-state index contributed by atoms with van der Waals surface area (Å²) in [5, 5.41) is 8.71. The average molecular weight is 287 g/mol. The first-order valence-corrected chi connectivity index (χ1v) is 7.09. The zero-order valence-corrected chi connectivity index (χ0v) is 10.8. The van der Waals surface area contributed by atoms with E-state index in [1.807, 2.05) is 0 Å². The molecule has 1 aromatic carbocycles. The van der Waals surface area contributed by atoms with Crippen molar-refractivity contribution in [3.05, 3.63) is 18.2 Å². The first-order chi connectivity index (χ1) is 8.42. The molecule has 0 aliphatic heterocycles. The quantitative estimate of drug-likeness (QED) is 0.844. The lowest BCUT2D eigenvalue weighted by molar-refractivity contribution is -0.138. The number of carboxylic acids is 1. The number of carboxylic acid groups (broad SMARTS) is 1.